The molecule has 0 spiro atoms. The fourth-order valence-corrected chi connectivity index (χ4v) is 3.79. The monoisotopic (exact) mass is 338 g/mol. The summed E-state index contributed by atoms with van der Waals surface area (Å²) in [5.74, 6) is 0.366. The molecule has 1 amide bonds. The lowest BCUT2D eigenvalue weighted by Gasteiger charge is -2.25. The predicted molar refractivity (Wildman–Crippen MR) is 85.6 cm³/mol. The molecular formula is C14H18N4O4S. The first kappa shape index (κ1) is 15.6. The van der Waals surface area contributed by atoms with Gasteiger partial charge in [0.05, 0.1) is 17.3 Å². The van der Waals surface area contributed by atoms with Crippen molar-refractivity contribution >= 4 is 27.6 Å². The Bertz CT molecular complexity index is 775. The molecule has 1 aromatic rings. The normalized spacial score (nSPS) is 22.0. The number of nitrogens with zero attached hydrogens (tertiary/aromatic N) is 2. The Hall–Kier alpha value is -2.29. The third-order valence-corrected chi connectivity index (χ3v) is 4.87. The Morgan fingerprint density at radius 3 is 3.04 bits per heavy atom. The summed E-state index contributed by atoms with van der Waals surface area (Å²) < 4.78 is 34.7. The molecule has 1 aromatic carbocycles. The molecule has 1 saturated heterocycles. The lowest BCUT2D eigenvalue weighted by Crippen LogP contribution is -2.37. The number of hydrogen-bond acceptors (Lipinski definition) is 5. The van der Waals surface area contributed by atoms with Crippen LogP contribution in [0.15, 0.2) is 22.6 Å². The minimum absolute atomic E-state index is 0.0156. The Kier molecular flexibility index (Phi) is 3.88. The smallest absolute Gasteiger partial charge is 0.344 e. The van der Waals surface area contributed by atoms with Crippen molar-refractivity contribution in [3.05, 3.63) is 23.8 Å². The van der Waals surface area contributed by atoms with Crippen LogP contribution in [0.5, 0.6) is 5.75 Å². The molecule has 0 radical (unpaired) electrons. The third-order valence-electron chi connectivity index (χ3n) is 3.95. The largest absolute Gasteiger partial charge is 0.491 e. The lowest BCUT2D eigenvalue weighted by atomic mass is 10.1. The SMILES string of the molecule is CC(=O)N1CCC[C@H]1COc1cccc2c1C(N)=NS(=O)(=O)N2. The summed E-state index contributed by atoms with van der Waals surface area (Å²) in [7, 11) is -3.81. The molecule has 0 unspecified atom stereocenters. The van der Waals surface area contributed by atoms with Gasteiger partial charge in [-0.15, -0.1) is 4.40 Å². The minimum atomic E-state index is -3.81. The summed E-state index contributed by atoms with van der Waals surface area (Å²) in [6, 6.07) is 4.99. The summed E-state index contributed by atoms with van der Waals surface area (Å²) in [6.07, 6.45) is 1.83. The van der Waals surface area contributed by atoms with Gasteiger partial charge in [0, 0.05) is 13.5 Å². The van der Waals surface area contributed by atoms with Gasteiger partial charge in [-0.05, 0) is 25.0 Å². The van der Waals surface area contributed by atoms with Crippen LogP contribution >= 0.6 is 0 Å². The first-order valence-corrected chi connectivity index (χ1v) is 8.73. The quantitative estimate of drug-likeness (QED) is 0.830. The molecule has 3 N–H and O–H groups in total. The number of ether oxygens (including phenoxy) is 1. The first-order chi connectivity index (χ1) is 10.9. The van der Waals surface area contributed by atoms with Gasteiger partial charge in [-0.3, -0.25) is 9.52 Å². The second kappa shape index (κ2) is 5.73. The van der Waals surface area contributed by atoms with Crippen LogP contribution in [-0.4, -0.2) is 44.3 Å². The summed E-state index contributed by atoms with van der Waals surface area (Å²) >= 11 is 0. The second-order valence-corrected chi connectivity index (χ2v) is 6.89. The van der Waals surface area contributed by atoms with Crippen LogP contribution in [0.4, 0.5) is 5.69 Å². The highest BCUT2D eigenvalue weighted by atomic mass is 32.2. The van der Waals surface area contributed by atoms with Gasteiger partial charge in [0.15, 0.2) is 5.84 Å². The van der Waals surface area contributed by atoms with E-state index in [0.29, 0.717) is 23.6 Å². The summed E-state index contributed by atoms with van der Waals surface area (Å²) in [6.45, 7) is 2.61. The Labute approximate surface area is 134 Å². The molecule has 23 heavy (non-hydrogen) atoms. The Balaban J connectivity index is 1.82. The van der Waals surface area contributed by atoms with Gasteiger partial charge in [-0.25, -0.2) is 0 Å². The zero-order valence-corrected chi connectivity index (χ0v) is 13.5. The van der Waals surface area contributed by atoms with Crippen LogP contribution in [0.3, 0.4) is 0 Å². The molecule has 1 atom stereocenters. The van der Waals surface area contributed by atoms with Crippen molar-refractivity contribution < 1.29 is 17.9 Å². The van der Waals surface area contributed by atoms with E-state index >= 15 is 0 Å². The number of nitrogens with two attached hydrogens (primary N) is 1. The molecule has 2 aliphatic heterocycles. The number of carbonyl (C=O) groups excluding carboxylic acids is 1. The highest BCUT2D eigenvalue weighted by molar-refractivity contribution is 7.91. The lowest BCUT2D eigenvalue weighted by molar-refractivity contribution is -0.130. The molecule has 1 fully saturated rings. The van der Waals surface area contributed by atoms with Crippen molar-refractivity contribution in [3.8, 4) is 5.75 Å². The molecule has 8 nitrogen and oxygen atoms in total. The zero-order chi connectivity index (χ0) is 16.6. The van der Waals surface area contributed by atoms with E-state index in [1.165, 1.54) is 0 Å². The molecule has 9 heteroatoms. The van der Waals surface area contributed by atoms with Crippen molar-refractivity contribution in [2.75, 3.05) is 17.9 Å². The van der Waals surface area contributed by atoms with Gasteiger partial charge < -0.3 is 15.4 Å². The topological polar surface area (TPSA) is 114 Å². The van der Waals surface area contributed by atoms with Gasteiger partial charge in [-0.1, -0.05) is 6.07 Å². The van der Waals surface area contributed by atoms with Crippen LogP contribution in [0.1, 0.15) is 25.3 Å². The maximum Gasteiger partial charge on any atom is 0.344 e. The van der Waals surface area contributed by atoms with E-state index < -0.39 is 10.2 Å². The molecule has 0 saturated carbocycles. The van der Waals surface area contributed by atoms with Gasteiger partial charge in [0.1, 0.15) is 12.4 Å². The van der Waals surface area contributed by atoms with Crippen molar-refractivity contribution in [1.29, 1.82) is 0 Å². The third kappa shape index (κ3) is 3.09. The van der Waals surface area contributed by atoms with Crippen LogP contribution < -0.4 is 15.2 Å². The average molecular weight is 338 g/mol. The molecule has 0 aliphatic carbocycles. The molecule has 124 valence electrons. The van der Waals surface area contributed by atoms with Crippen molar-refractivity contribution in [1.82, 2.24) is 4.90 Å². The highest BCUT2D eigenvalue weighted by Crippen LogP contribution is 2.31. The molecule has 2 heterocycles. The van der Waals surface area contributed by atoms with Crippen LogP contribution in [0.25, 0.3) is 0 Å². The fourth-order valence-electron chi connectivity index (χ4n) is 2.95. The van der Waals surface area contributed by atoms with E-state index in [-0.39, 0.29) is 17.8 Å². The highest BCUT2D eigenvalue weighted by Gasteiger charge is 2.28. The number of amides is 1. The average Bonchev–Trinajstić information content (AvgIpc) is 2.91. The summed E-state index contributed by atoms with van der Waals surface area (Å²) in [5, 5.41) is 0. The number of benzene rings is 1. The Morgan fingerprint density at radius 1 is 1.52 bits per heavy atom. The second-order valence-electron chi connectivity index (χ2n) is 5.55. The van der Waals surface area contributed by atoms with Gasteiger partial charge in [-0.2, -0.15) is 8.42 Å². The number of likely N-dealkylation sites (tertiary alicyclic amines) is 1. The number of rotatable bonds is 3. The maximum absolute atomic E-state index is 11.6. The van der Waals surface area contributed by atoms with Crippen molar-refractivity contribution in [3.63, 3.8) is 0 Å². The predicted octanol–water partition coefficient (Wildman–Crippen LogP) is 0.452. The van der Waals surface area contributed by atoms with Crippen LogP contribution in [-0.2, 0) is 15.0 Å². The number of fused-ring (bicyclic) bond motifs is 1. The molecule has 0 bridgehead atoms. The van der Waals surface area contributed by atoms with Gasteiger partial charge >= 0.3 is 10.2 Å². The zero-order valence-electron chi connectivity index (χ0n) is 12.7. The number of carbonyl (C=O) groups is 1. The van der Waals surface area contributed by atoms with E-state index in [0.717, 1.165) is 19.4 Å². The summed E-state index contributed by atoms with van der Waals surface area (Å²) in [5.41, 5.74) is 6.53. The van der Waals surface area contributed by atoms with Gasteiger partial charge in [0.2, 0.25) is 5.91 Å². The molecule has 2 aliphatic rings. The van der Waals surface area contributed by atoms with Gasteiger partial charge in [0.25, 0.3) is 0 Å². The van der Waals surface area contributed by atoms with Crippen molar-refractivity contribution in [2.45, 2.75) is 25.8 Å². The number of hydrogen-bond donors (Lipinski definition) is 2. The number of anilines is 1. The number of amidine groups is 1. The van der Waals surface area contributed by atoms with E-state index in [4.69, 9.17) is 10.5 Å². The fraction of sp³-hybridized carbons (Fsp3) is 0.429. The maximum atomic E-state index is 11.6. The first-order valence-electron chi connectivity index (χ1n) is 7.29. The standard InChI is InChI=1S/C14H18N4O4S/c1-9(19)18-7-3-4-10(18)8-22-12-6-2-5-11-13(12)14(15)17-23(20,21)16-11/h2,5-6,10,16H,3-4,7-8H2,1H3,(H2,15,17)/t10-/m0/s1. The summed E-state index contributed by atoms with van der Waals surface area (Å²) in [4.78, 5) is 13.4. The van der Waals surface area contributed by atoms with E-state index in [9.17, 15) is 13.2 Å². The van der Waals surface area contributed by atoms with E-state index in [1.807, 2.05) is 0 Å². The Morgan fingerprint density at radius 2 is 2.30 bits per heavy atom. The van der Waals surface area contributed by atoms with Crippen LogP contribution in [0.2, 0.25) is 0 Å². The molecular weight excluding hydrogens is 320 g/mol. The van der Waals surface area contributed by atoms with E-state index in [2.05, 4.69) is 9.12 Å². The van der Waals surface area contributed by atoms with E-state index in [1.54, 1.807) is 30.0 Å². The van der Waals surface area contributed by atoms with Crippen LogP contribution in [0, 0.1) is 0 Å². The number of nitrogens with one attached hydrogen (secondary N) is 1. The molecule has 0 aromatic heterocycles. The van der Waals surface area contributed by atoms with Crippen molar-refractivity contribution in [2.24, 2.45) is 10.1 Å². The minimum Gasteiger partial charge on any atom is -0.491 e. The molecule has 3 rings (SSSR count).